The van der Waals surface area contributed by atoms with Crippen LogP contribution in [0.15, 0.2) is 24.3 Å². The highest BCUT2D eigenvalue weighted by molar-refractivity contribution is 5.94. The fourth-order valence-electron chi connectivity index (χ4n) is 2.30. The molecule has 1 aromatic carbocycles. The minimum absolute atomic E-state index is 0.118. The molecule has 3 nitrogen and oxygen atoms in total. The highest BCUT2D eigenvalue weighted by Crippen LogP contribution is 2.15. The maximum Gasteiger partial charge on any atom is 0.253 e. The Hall–Kier alpha value is -1.35. The summed E-state index contributed by atoms with van der Waals surface area (Å²) in [6.07, 6.45) is 3.51. The molecule has 0 radical (unpaired) electrons. The molecular weight excluding hydrogens is 262 g/mol. The lowest BCUT2D eigenvalue weighted by Gasteiger charge is -2.21. The molecule has 0 aliphatic carbocycles. The Labute approximate surface area is 129 Å². The number of aliphatic hydroxyl groups is 1. The molecule has 3 heteroatoms. The minimum atomic E-state index is -0.645. The van der Waals surface area contributed by atoms with E-state index in [1.54, 1.807) is 0 Å². The second-order valence-electron chi connectivity index (χ2n) is 6.30. The van der Waals surface area contributed by atoms with Gasteiger partial charge in [0.15, 0.2) is 0 Å². The number of aryl methyl sites for hydroxylation is 1. The zero-order valence-electron chi connectivity index (χ0n) is 13.9. The molecule has 0 aliphatic rings. The van der Waals surface area contributed by atoms with Gasteiger partial charge in [-0.3, -0.25) is 4.79 Å². The lowest BCUT2D eigenvalue weighted by atomic mass is 9.98. The van der Waals surface area contributed by atoms with Crippen LogP contribution in [-0.4, -0.2) is 34.6 Å². The van der Waals surface area contributed by atoms with E-state index in [1.165, 1.54) is 0 Å². The molecule has 0 saturated carbocycles. The third-order valence-electron chi connectivity index (χ3n) is 3.50. The second-order valence-corrected chi connectivity index (χ2v) is 6.30. The van der Waals surface area contributed by atoms with E-state index < -0.39 is 5.60 Å². The number of benzene rings is 1. The predicted octanol–water partition coefficient (Wildman–Crippen LogP) is 3.65. The standard InChI is InChI=1S/C18H29NO2/c1-5-13-19(14-6-2)17(20)16-9-7-15(8-10-16)11-12-18(3,4)21/h7-10,21H,5-6,11-14H2,1-4H3. The largest absolute Gasteiger partial charge is 0.390 e. The Morgan fingerprint density at radius 3 is 2.05 bits per heavy atom. The summed E-state index contributed by atoms with van der Waals surface area (Å²) >= 11 is 0. The third kappa shape index (κ3) is 6.30. The molecule has 1 aromatic rings. The van der Waals surface area contributed by atoms with E-state index >= 15 is 0 Å². The van der Waals surface area contributed by atoms with Gasteiger partial charge < -0.3 is 10.0 Å². The van der Waals surface area contributed by atoms with Gasteiger partial charge in [-0.1, -0.05) is 26.0 Å². The number of rotatable bonds is 8. The van der Waals surface area contributed by atoms with Gasteiger partial charge in [0.1, 0.15) is 0 Å². The van der Waals surface area contributed by atoms with Crippen molar-refractivity contribution in [2.24, 2.45) is 0 Å². The van der Waals surface area contributed by atoms with Crippen LogP contribution < -0.4 is 0 Å². The van der Waals surface area contributed by atoms with Crippen molar-refractivity contribution in [1.29, 1.82) is 0 Å². The number of hydrogen-bond donors (Lipinski definition) is 1. The highest BCUT2D eigenvalue weighted by atomic mass is 16.3. The molecule has 0 aromatic heterocycles. The first-order valence-corrected chi connectivity index (χ1v) is 7.98. The number of nitrogens with zero attached hydrogens (tertiary/aromatic N) is 1. The Balaban J connectivity index is 2.69. The topological polar surface area (TPSA) is 40.5 Å². The van der Waals surface area contributed by atoms with E-state index in [-0.39, 0.29) is 5.91 Å². The molecule has 0 unspecified atom stereocenters. The van der Waals surface area contributed by atoms with Crippen LogP contribution in [0.2, 0.25) is 0 Å². The fourth-order valence-corrected chi connectivity index (χ4v) is 2.30. The molecule has 0 spiro atoms. The van der Waals surface area contributed by atoms with Crippen LogP contribution in [0, 0.1) is 0 Å². The van der Waals surface area contributed by atoms with Gasteiger partial charge in [0.05, 0.1) is 5.60 Å². The summed E-state index contributed by atoms with van der Waals surface area (Å²) in [5.74, 6) is 0.118. The molecule has 0 heterocycles. The first-order valence-electron chi connectivity index (χ1n) is 7.98. The van der Waals surface area contributed by atoms with Crippen LogP contribution in [0.25, 0.3) is 0 Å². The average Bonchev–Trinajstić information content (AvgIpc) is 2.44. The van der Waals surface area contributed by atoms with Gasteiger partial charge in [0.25, 0.3) is 5.91 Å². The summed E-state index contributed by atoms with van der Waals surface area (Å²) in [6, 6.07) is 7.80. The lowest BCUT2D eigenvalue weighted by molar-refractivity contribution is 0.0712. The van der Waals surface area contributed by atoms with Crippen LogP contribution in [0.5, 0.6) is 0 Å². The molecule has 1 rings (SSSR count). The fraction of sp³-hybridized carbons (Fsp3) is 0.611. The summed E-state index contributed by atoms with van der Waals surface area (Å²) in [7, 11) is 0. The van der Waals surface area contributed by atoms with Crippen molar-refractivity contribution in [3.63, 3.8) is 0 Å². The molecule has 1 N–H and O–H groups in total. The van der Waals surface area contributed by atoms with E-state index in [0.29, 0.717) is 0 Å². The van der Waals surface area contributed by atoms with Gasteiger partial charge in [0.2, 0.25) is 0 Å². The Bertz CT molecular complexity index is 426. The van der Waals surface area contributed by atoms with Crippen molar-refractivity contribution in [2.45, 2.75) is 59.0 Å². The molecule has 1 amide bonds. The van der Waals surface area contributed by atoms with Crippen LogP contribution in [0.1, 0.15) is 62.9 Å². The summed E-state index contributed by atoms with van der Waals surface area (Å²) in [5.41, 5.74) is 1.27. The van der Waals surface area contributed by atoms with Crippen LogP contribution >= 0.6 is 0 Å². The van der Waals surface area contributed by atoms with Gasteiger partial charge >= 0.3 is 0 Å². The minimum Gasteiger partial charge on any atom is -0.390 e. The smallest absolute Gasteiger partial charge is 0.253 e. The van der Waals surface area contributed by atoms with Crippen LogP contribution in [-0.2, 0) is 6.42 Å². The molecule has 0 atom stereocenters. The van der Waals surface area contributed by atoms with Crippen molar-refractivity contribution < 1.29 is 9.90 Å². The van der Waals surface area contributed by atoms with E-state index in [9.17, 15) is 9.90 Å². The summed E-state index contributed by atoms with van der Waals surface area (Å²) in [6.45, 7) is 9.45. The van der Waals surface area contributed by atoms with Crippen molar-refractivity contribution in [3.8, 4) is 0 Å². The van der Waals surface area contributed by atoms with E-state index in [2.05, 4.69) is 13.8 Å². The van der Waals surface area contributed by atoms with Crippen molar-refractivity contribution >= 4 is 5.91 Å². The first kappa shape index (κ1) is 17.7. The monoisotopic (exact) mass is 291 g/mol. The molecule has 0 aliphatic heterocycles. The maximum absolute atomic E-state index is 12.4. The third-order valence-corrected chi connectivity index (χ3v) is 3.50. The van der Waals surface area contributed by atoms with Crippen molar-refractivity contribution in [1.82, 2.24) is 4.90 Å². The molecule has 0 saturated heterocycles. The summed E-state index contributed by atoms with van der Waals surface area (Å²) < 4.78 is 0. The normalized spacial score (nSPS) is 11.5. The number of amides is 1. The Morgan fingerprint density at radius 1 is 1.10 bits per heavy atom. The molecule has 0 fully saturated rings. The van der Waals surface area contributed by atoms with Crippen LogP contribution in [0.4, 0.5) is 0 Å². The maximum atomic E-state index is 12.4. The lowest BCUT2D eigenvalue weighted by Crippen LogP contribution is -2.32. The quantitative estimate of drug-likeness (QED) is 0.794. The molecule has 21 heavy (non-hydrogen) atoms. The Kier molecular flexibility index (Phi) is 6.90. The van der Waals surface area contributed by atoms with Gasteiger partial charge in [-0.2, -0.15) is 0 Å². The van der Waals surface area contributed by atoms with Crippen LogP contribution in [0.3, 0.4) is 0 Å². The summed E-state index contributed by atoms with van der Waals surface area (Å²) in [5, 5.41) is 9.75. The van der Waals surface area contributed by atoms with Gasteiger partial charge in [-0.05, 0) is 57.2 Å². The van der Waals surface area contributed by atoms with E-state index in [4.69, 9.17) is 0 Å². The Morgan fingerprint density at radius 2 is 1.62 bits per heavy atom. The number of carbonyl (C=O) groups is 1. The van der Waals surface area contributed by atoms with E-state index in [1.807, 2.05) is 43.0 Å². The zero-order chi connectivity index (χ0) is 15.9. The second kappa shape index (κ2) is 8.18. The zero-order valence-corrected chi connectivity index (χ0v) is 13.9. The van der Waals surface area contributed by atoms with Crippen molar-refractivity contribution in [2.75, 3.05) is 13.1 Å². The number of hydrogen-bond acceptors (Lipinski definition) is 2. The van der Waals surface area contributed by atoms with Gasteiger partial charge in [0, 0.05) is 18.7 Å². The highest BCUT2D eigenvalue weighted by Gasteiger charge is 2.15. The predicted molar refractivity (Wildman–Crippen MR) is 87.5 cm³/mol. The number of carbonyl (C=O) groups excluding carboxylic acids is 1. The van der Waals surface area contributed by atoms with Crippen molar-refractivity contribution in [3.05, 3.63) is 35.4 Å². The average molecular weight is 291 g/mol. The summed E-state index contributed by atoms with van der Waals surface area (Å²) in [4.78, 5) is 14.4. The SMILES string of the molecule is CCCN(CCC)C(=O)c1ccc(CCC(C)(C)O)cc1. The molecular formula is C18H29NO2. The molecule has 118 valence electrons. The van der Waals surface area contributed by atoms with Gasteiger partial charge in [-0.15, -0.1) is 0 Å². The van der Waals surface area contributed by atoms with E-state index in [0.717, 1.165) is 49.9 Å². The first-order chi connectivity index (χ1) is 9.87. The van der Waals surface area contributed by atoms with Gasteiger partial charge in [-0.25, -0.2) is 0 Å². The molecule has 0 bridgehead atoms.